The van der Waals surface area contributed by atoms with Gasteiger partial charge in [-0.3, -0.25) is 19.2 Å². The SMILES string of the molecule is CC(=O)OCC(=O)[C@@]1(OC(C)=O)[C@@H](C)C[C@H]2[C@@H]3C[C@H](F)C4=CC(=O)CC[C@]4(C)[C@@]3(F)[C@@H](O)C[C@@]21C. The molecule has 3 saturated carbocycles. The maximum atomic E-state index is 17.3. The van der Waals surface area contributed by atoms with Crippen molar-refractivity contribution < 1.29 is 42.5 Å². The Balaban J connectivity index is 1.84. The number of hydrogen-bond donors (Lipinski definition) is 1. The molecule has 35 heavy (non-hydrogen) atoms. The second-order valence-corrected chi connectivity index (χ2v) is 11.4. The molecule has 0 bridgehead atoms. The highest BCUT2D eigenvalue weighted by atomic mass is 19.1. The molecule has 0 unspecified atom stereocenters. The zero-order valence-electron chi connectivity index (χ0n) is 20.9. The fraction of sp³-hybridized carbons (Fsp3) is 0.769. The third-order valence-corrected chi connectivity index (χ3v) is 9.69. The summed E-state index contributed by atoms with van der Waals surface area (Å²) in [5, 5.41) is 11.4. The number of rotatable bonds is 4. The van der Waals surface area contributed by atoms with Crippen LogP contribution in [0.3, 0.4) is 0 Å². The molecule has 194 valence electrons. The number of carbonyl (C=O) groups is 4. The Morgan fingerprint density at radius 1 is 1.14 bits per heavy atom. The van der Waals surface area contributed by atoms with E-state index in [1.807, 2.05) is 0 Å². The third-order valence-electron chi connectivity index (χ3n) is 9.69. The summed E-state index contributed by atoms with van der Waals surface area (Å²) in [6, 6.07) is 0. The average molecular weight is 497 g/mol. The first-order chi connectivity index (χ1) is 16.1. The Morgan fingerprint density at radius 2 is 1.80 bits per heavy atom. The molecule has 9 atom stereocenters. The second-order valence-electron chi connectivity index (χ2n) is 11.4. The van der Waals surface area contributed by atoms with Crippen LogP contribution in [0.4, 0.5) is 8.78 Å². The van der Waals surface area contributed by atoms with Crippen LogP contribution in [0.1, 0.15) is 66.7 Å². The van der Waals surface area contributed by atoms with Gasteiger partial charge in [0.15, 0.2) is 18.0 Å². The number of aliphatic hydroxyl groups is 1. The molecule has 1 N–H and O–H groups in total. The maximum absolute atomic E-state index is 17.3. The van der Waals surface area contributed by atoms with E-state index in [4.69, 9.17) is 9.47 Å². The zero-order chi connectivity index (χ0) is 26.1. The van der Waals surface area contributed by atoms with Gasteiger partial charge in [0.1, 0.15) is 11.8 Å². The van der Waals surface area contributed by atoms with Crippen LogP contribution in [-0.4, -0.2) is 58.8 Å². The van der Waals surface area contributed by atoms with E-state index >= 15 is 8.78 Å². The Bertz CT molecular complexity index is 1010. The molecule has 0 aromatic carbocycles. The van der Waals surface area contributed by atoms with Crippen molar-refractivity contribution in [1.82, 2.24) is 0 Å². The van der Waals surface area contributed by atoms with Crippen molar-refractivity contribution in [2.24, 2.45) is 28.6 Å². The smallest absolute Gasteiger partial charge is 0.303 e. The number of carbonyl (C=O) groups excluding carboxylic acids is 4. The Morgan fingerprint density at radius 3 is 2.40 bits per heavy atom. The van der Waals surface area contributed by atoms with Gasteiger partial charge in [-0.15, -0.1) is 0 Å². The van der Waals surface area contributed by atoms with Crippen LogP contribution in [0, 0.1) is 28.6 Å². The van der Waals surface area contributed by atoms with E-state index in [9.17, 15) is 24.3 Å². The van der Waals surface area contributed by atoms with Crippen LogP contribution in [0.5, 0.6) is 0 Å². The summed E-state index contributed by atoms with van der Waals surface area (Å²) in [6.07, 6.45) is -2.00. The number of Topliss-reactive ketones (excluding diaryl/α,β-unsaturated/α-hetero) is 1. The molecule has 0 heterocycles. The Kier molecular flexibility index (Phi) is 6.06. The van der Waals surface area contributed by atoms with E-state index in [-0.39, 0.29) is 43.5 Å². The highest BCUT2D eigenvalue weighted by Crippen LogP contribution is 2.72. The lowest BCUT2D eigenvalue weighted by Crippen LogP contribution is -2.71. The molecule has 0 aromatic heterocycles. The van der Waals surface area contributed by atoms with Crippen LogP contribution in [0.25, 0.3) is 0 Å². The van der Waals surface area contributed by atoms with E-state index in [2.05, 4.69) is 0 Å². The van der Waals surface area contributed by atoms with Crippen LogP contribution in [-0.2, 0) is 28.7 Å². The first kappa shape index (κ1) is 25.9. The van der Waals surface area contributed by atoms with Gasteiger partial charge in [-0.05, 0) is 43.3 Å². The molecule has 0 saturated heterocycles. The first-order valence-electron chi connectivity index (χ1n) is 12.3. The summed E-state index contributed by atoms with van der Waals surface area (Å²) in [4.78, 5) is 49.3. The van der Waals surface area contributed by atoms with E-state index in [0.717, 1.165) is 6.92 Å². The van der Waals surface area contributed by atoms with Crippen LogP contribution >= 0.6 is 0 Å². The molecule has 0 amide bonds. The van der Waals surface area contributed by atoms with E-state index in [1.165, 1.54) is 13.0 Å². The number of ketones is 2. The predicted molar refractivity (Wildman–Crippen MR) is 119 cm³/mol. The monoisotopic (exact) mass is 496 g/mol. The normalized spacial score (nSPS) is 46.6. The van der Waals surface area contributed by atoms with Crippen molar-refractivity contribution in [2.45, 2.75) is 90.3 Å². The predicted octanol–water partition coefficient (Wildman–Crippen LogP) is 3.21. The number of halogens is 2. The minimum atomic E-state index is -2.22. The summed E-state index contributed by atoms with van der Waals surface area (Å²) < 4.78 is 43.6. The van der Waals surface area contributed by atoms with Crippen molar-refractivity contribution >= 4 is 23.5 Å². The van der Waals surface area contributed by atoms with Gasteiger partial charge in [-0.25, -0.2) is 8.78 Å². The van der Waals surface area contributed by atoms with Crippen molar-refractivity contribution in [2.75, 3.05) is 6.61 Å². The van der Waals surface area contributed by atoms with Crippen molar-refractivity contribution in [3.8, 4) is 0 Å². The molecule has 0 aliphatic heterocycles. The number of aliphatic hydroxyl groups excluding tert-OH is 1. The zero-order valence-corrected chi connectivity index (χ0v) is 20.9. The number of hydrogen-bond acceptors (Lipinski definition) is 7. The Hall–Kier alpha value is -2.16. The lowest BCUT2D eigenvalue weighted by Gasteiger charge is -2.64. The summed E-state index contributed by atoms with van der Waals surface area (Å²) in [7, 11) is 0. The number of allylic oxidation sites excluding steroid dienone is 1. The van der Waals surface area contributed by atoms with Crippen molar-refractivity contribution in [3.05, 3.63) is 11.6 Å². The number of esters is 2. The number of fused-ring (bicyclic) bond motifs is 5. The van der Waals surface area contributed by atoms with Gasteiger partial charge in [-0.2, -0.15) is 0 Å². The van der Waals surface area contributed by atoms with Gasteiger partial charge in [0.2, 0.25) is 5.78 Å². The van der Waals surface area contributed by atoms with Crippen LogP contribution in [0.2, 0.25) is 0 Å². The molecule has 7 nitrogen and oxygen atoms in total. The van der Waals surface area contributed by atoms with Gasteiger partial charge in [0, 0.05) is 42.9 Å². The quantitative estimate of drug-likeness (QED) is 0.596. The standard InChI is InChI=1S/C26H34F2O7/c1-13-8-17-18-10-20(27)19-9-16(31)6-7-23(19,4)25(18,28)21(32)11-24(17,5)26(13,35-15(3)30)22(33)12-34-14(2)29/h9,13,17-18,20-21,32H,6-8,10-12H2,1-5H3/t13-,17-,18-,20-,21-,23-,24-,25-,26-/m0/s1. The molecular weight excluding hydrogens is 462 g/mol. The molecule has 9 heteroatoms. The molecule has 4 aliphatic carbocycles. The van der Waals surface area contributed by atoms with Gasteiger partial charge < -0.3 is 14.6 Å². The topological polar surface area (TPSA) is 107 Å². The van der Waals surface area contributed by atoms with Crippen molar-refractivity contribution in [3.63, 3.8) is 0 Å². The first-order valence-corrected chi connectivity index (χ1v) is 12.3. The second kappa shape index (κ2) is 8.18. The Labute approximate surface area is 203 Å². The van der Waals surface area contributed by atoms with E-state index in [1.54, 1.807) is 20.8 Å². The lowest BCUT2D eigenvalue weighted by molar-refractivity contribution is -0.238. The summed E-state index contributed by atoms with van der Waals surface area (Å²) in [6.45, 7) is 6.67. The van der Waals surface area contributed by atoms with E-state index in [0.29, 0.717) is 0 Å². The molecule has 4 aliphatic rings. The summed E-state index contributed by atoms with van der Waals surface area (Å²) in [5.74, 6) is -4.45. The maximum Gasteiger partial charge on any atom is 0.303 e. The van der Waals surface area contributed by atoms with Gasteiger partial charge in [0.05, 0.1) is 6.10 Å². The average Bonchev–Trinajstić information content (AvgIpc) is 2.97. The number of alkyl halides is 2. The molecule has 0 aromatic rings. The molecule has 3 fully saturated rings. The summed E-state index contributed by atoms with van der Waals surface area (Å²) in [5.41, 5.74) is -6.50. The molecular formula is C26H34F2O7. The number of ether oxygens (including phenoxy) is 2. The highest BCUT2D eigenvalue weighted by molar-refractivity contribution is 5.94. The molecule has 0 radical (unpaired) electrons. The molecule has 4 rings (SSSR count). The van der Waals surface area contributed by atoms with Gasteiger partial charge in [-0.1, -0.05) is 20.8 Å². The highest BCUT2D eigenvalue weighted by Gasteiger charge is 2.78. The van der Waals surface area contributed by atoms with Crippen LogP contribution < -0.4 is 0 Å². The third kappa shape index (κ3) is 3.29. The molecule has 0 spiro atoms. The minimum absolute atomic E-state index is 0.0639. The van der Waals surface area contributed by atoms with E-state index < -0.39 is 76.5 Å². The fourth-order valence-corrected chi connectivity index (χ4v) is 8.25. The lowest BCUT2D eigenvalue weighted by atomic mass is 9.43. The van der Waals surface area contributed by atoms with Crippen molar-refractivity contribution in [1.29, 1.82) is 0 Å². The largest absolute Gasteiger partial charge is 0.458 e. The minimum Gasteiger partial charge on any atom is -0.458 e. The summed E-state index contributed by atoms with van der Waals surface area (Å²) >= 11 is 0. The fourth-order valence-electron chi connectivity index (χ4n) is 8.25. The van der Waals surface area contributed by atoms with Gasteiger partial charge in [0.25, 0.3) is 0 Å². The van der Waals surface area contributed by atoms with Crippen LogP contribution in [0.15, 0.2) is 11.6 Å². The van der Waals surface area contributed by atoms with Gasteiger partial charge >= 0.3 is 11.9 Å².